The molecule has 20 heavy (non-hydrogen) atoms. The van der Waals surface area contributed by atoms with Crippen molar-refractivity contribution in [1.82, 2.24) is 4.98 Å². The Labute approximate surface area is 112 Å². The molecule has 0 saturated carbocycles. The van der Waals surface area contributed by atoms with Crippen LogP contribution in [0.4, 0.5) is 14.9 Å². The van der Waals surface area contributed by atoms with Crippen molar-refractivity contribution in [2.45, 2.75) is 6.61 Å². The maximum Gasteiger partial charge on any atom is 0.409 e. The van der Waals surface area contributed by atoms with E-state index in [0.717, 1.165) is 11.8 Å². The Kier molecular flexibility index (Phi) is 3.99. The van der Waals surface area contributed by atoms with Crippen molar-refractivity contribution >= 4 is 11.8 Å². The number of H-pyrrole nitrogens is 1. The summed E-state index contributed by atoms with van der Waals surface area (Å²) < 4.78 is 18.9. The van der Waals surface area contributed by atoms with Crippen LogP contribution in [0.25, 0.3) is 0 Å². The number of nitrogens with one attached hydrogen (secondary N) is 2. The molecule has 0 aliphatic carbocycles. The van der Waals surface area contributed by atoms with Gasteiger partial charge in [0.05, 0.1) is 0 Å². The lowest BCUT2D eigenvalue weighted by Gasteiger charge is -2.08. The minimum Gasteiger partial charge on any atom is -0.472 e. The first-order valence-electron chi connectivity index (χ1n) is 5.66. The van der Waals surface area contributed by atoms with Crippen molar-refractivity contribution in [2.24, 2.45) is 0 Å². The van der Waals surface area contributed by atoms with Crippen LogP contribution in [0.5, 0.6) is 5.88 Å². The lowest BCUT2D eigenvalue weighted by Crippen LogP contribution is -2.19. The molecule has 0 bridgehead atoms. The van der Waals surface area contributed by atoms with Gasteiger partial charge >= 0.3 is 6.09 Å². The Morgan fingerprint density at radius 1 is 1.35 bits per heavy atom. The third kappa shape index (κ3) is 3.14. The highest BCUT2D eigenvalue weighted by atomic mass is 19.1. The molecule has 0 saturated heterocycles. The second kappa shape index (κ2) is 5.87. The quantitative estimate of drug-likeness (QED) is 0.799. The van der Waals surface area contributed by atoms with E-state index in [-0.39, 0.29) is 12.5 Å². The number of amides is 1. The molecule has 0 aliphatic rings. The number of ether oxygens (including phenoxy) is 1. The molecule has 1 aromatic carbocycles. The third-order valence-corrected chi connectivity index (χ3v) is 2.46. The van der Waals surface area contributed by atoms with Crippen LogP contribution in [0, 0.1) is 5.82 Å². The normalized spacial score (nSPS) is 10.1. The van der Waals surface area contributed by atoms with Crippen LogP contribution in [-0.2, 0) is 6.61 Å². The van der Waals surface area contributed by atoms with E-state index in [1.54, 1.807) is 29.6 Å². The molecule has 104 valence electrons. The molecule has 0 atom stereocenters. The topological polar surface area (TPSA) is 91.4 Å². The highest BCUT2D eigenvalue weighted by Crippen LogP contribution is 2.14. The Hall–Kier alpha value is -2.83. The number of carboxylic acid groups (broad SMARTS) is 1. The molecular weight excluding hydrogens is 267 g/mol. The van der Waals surface area contributed by atoms with E-state index >= 15 is 0 Å². The number of carbonyl (C=O) groups is 1. The zero-order valence-corrected chi connectivity index (χ0v) is 10.2. The molecule has 0 aliphatic heterocycles. The summed E-state index contributed by atoms with van der Waals surface area (Å²) in [4.78, 5) is 24.3. The molecule has 2 rings (SSSR count). The molecule has 0 fully saturated rings. The Balaban J connectivity index is 2.15. The average Bonchev–Trinajstić information content (AvgIpc) is 2.44. The minimum atomic E-state index is -1.45. The fourth-order valence-corrected chi connectivity index (χ4v) is 1.53. The van der Waals surface area contributed by atoms with Gasteiger partial charge in [-0.3, -0.25) is 10.1 Å². The van der Waals surface area contributed by atoms with Gasteiger partial charge < -0.3 is 14.8 Å². The van der Waals surface area contributed by atoms with E-state index in [1.807, 2.05) is 6.07 Å². The minimum absolute atomic E-state index is 0.0827. The van der Waals surface area contributed by atoms with Crippen LogP contribution >= 0.6 is 0 Å². The molecule has 0 unspecified atom stereocenters. The van der Waals surface area contributed by atoms with Gasteiger partial charge in [0.2, 0.25) is 17.1 Å². The van der Waals surface area contributed by atoms with Crippen LogP contribution in [-0.4, -0.2) is 16.2 Å². The number of aromatic amines is 1. The largest absolute Gasteiger partial charge is 0.472 e. The molecule has 1 aromatic heterocycles. The van der Waals surface area contributed by atoms with Crippen molar-refractivity contribution in [2.75, 3.05) is 5.32 Å². The van der Waals surface area contributed by atoms with Crippen LogP contribution in [0.15, 0.2) is 41.3 Å². The summed E-state index contributed by atoms with van der Waals surface area (Å²) in [6.07, 6.45) is -0.410. The Morgan fingerprint density at radius 3 is 2.70 bits per heavy atom. The summed E-state index contributed by atoms with van der Waals surface area (Å²) >= 11 is 0. The lowest BCUT2D eigenvalue weighted by atomic mass is 10.2. The van der Waals surface area contributed by atoms with Crippen LogP contribution in [0.3, 0.4) is 0 Å². The van der Waals surface area contributed by atoms with Gasteiger partial charge in [-0.15, -0.1) is 0 Å². The average molecular weight is 278 g/mol. The van der Waals surface area contributed by atoms with Crippen LogP contribution in [0.2, 0.25) is 0 Å². The smallest absolute Gasteiger partial charge is 0.409 e. The second-order valence-electron chi connectivity index (χ2n) is 3.88. The predicted molar refractivity (Wildman–Crippen MR) is 69.4 cm³/mol. The first-order chi connectivity index (χ1) is 9.58. The number of aromatic nitrogens is 1. The summed E-state index contributed by atoms with van der Waals surface area (Å²) in [6.45, 7) is 0.0827. The number of hydrogen-bond donors (Lipinski definition) is 3. The van der Waals surface area contributed by atoms with Gasteiger partial charge in [-0.2, -0.15) is 4.39 Å². The SMILES string of the molecule is O=C(O)Nc1c[nH]c(OCc2ccccc2)c(F)c1=O. The van der Waals surface area contributed by atoms with E-state index < -0.39 is 23.0 Å². The van der Waals surface area contributed by atoms with Gasteiger partial charge in [-0.25, -0.2) is 4.79 Å². The van der Waals surface area contributed by atoms with Crippen molar-refractivity contribution in [3.05, 3.63) is 58.1 Å². The van der Waals surface area contributed by atoms with E-state index in [0.29, 0.717) is 0 Å². The molecule has 7 heteroatoms. The van der Waals surface area contributed by atoms with Gasteiger partial charge in [0, 0.05) is 6.20 Å². The van der Waals surface area contributed by atoms with Gasteiger partial charge in [-0.05, 0) is 5.56 Å². The maximum absolute atomic E-state index is 13.7. The molecule has 1 amide bonds. The number of rotatable bonds is 4. The maximum atomic E-state index is 13.7. The van der Waals surface area contributed by atoms with Crippen molar-refractivity contribution in [1.29, 1.82) is 0 Å². The molecule has 6 nitrogen and oxygen atoms in total. The fraction of sp³-hybridized carbons (Fsp3) is 0.0769. The van der Waals surface area contributed by atoms with Crippen molar-refractivity contribution in [3.63, 3.8) is 0 Å². The van der Waals surface area contributed by atoms with Crippen molar-refractivity contribution < 1.29 is 19.0 Å². The summed E-state index contributed by atoms with van der Waals surface area (Å²) in [5.74, 6) is -1.51. The molecule has 2 aromatic rings. The van der Waals surface area contributed by atoms with Gasteiger partial charge in [-0.1, -0.05) is 30.3 Å². The highest BCUT2D eigenvalue weighted by Gasteiger charge is 2.14. The molecule has 1 heterocycles. The van der Waals surface area contributed by atoms with Gasteiger partial charge in [0.15, 0.2) is 0 Å². The summed E-state index contributed by atoms with van der Waals surface area (Å²) in [6, 6.07) is 9.01. The number of pyridine rings is 1. The number of halogens is 1. The van der Waals surface area contributed by atoms with E-state index in [2.05, 4.69) is 4.98 Å². The number of hydrogen-bond acceptors (Lipinski definition) is 3. The molecule has 3 N–H and O–H groups in total. The van der Waals surface area contributed by atoms with E-state index in [1.165, 1.54) is 0 Å². The Morgan fingerprint density at radius 2 is 2.05 bits per heavy atom. The van der Waals surface area contributed by atoms with Crippen molar-refractivity contribution in [3.8, 4) is 5.88 Å². The van der Waals surface area contributed by atoms with E-state index in [4.69, 9.17) is 9.84 Å². The predicted octanol–water partition coefficient (Wildman–Crippen LogP) is 2.18. The number of benzene rings is 1. The monoisotopic (exact) mass is 278 g/mol. The summed E-state index contributed by atoms with van der Waals surface area (Å²) in [5, 5.41) is 10.3. The van der Waals surface area contributed by atoms with Gasteiger partial charge in [0.25, 0.3) is 0 Å². The lowest BCUT2D eigenvalue weighted by molar-refractivity contribution is 0.209. The number of anilines is 1. The first kappa shape index (κ1) is 13.6. The highest BCUT2D eigenvalue weighted by molar-refractivity contribution is 5.82. The summed E-state index contributed by atoms with van der Waals surface area (Å²) in [7, 11) is 0. The van der Waals surface area contributed by atoms with Gasteiger partial charge in [0.1, 0.15) is 12.3 Å². The molecular formula is C13H11FN2O4. The zero-order chi connectivity index (χ0) is 14.5. The standard InChI is InChI=1S/C13H11FN2O4/c14-10-11(17)9(16-13(18)19)6-15-12(10)20-7-8-4-2-1-3-5-8/h1-6,16H,7H2,(H,15,17)(H,18,19). The first-order valence-corrected chi connectivity index (χ1v) is 5.66. The van der Waals surface area contributed by atoms with E-state index in [9.17, 15) is 14.0 Å². The molecule has 0 radical (unpaired) electrons. The van der Waals surface area contributed by atoms with Crippen LogP contribution in [0.1, 0.15) is 5.56 Å². The summed E-state index contributed by atoms with van der Waals surface area (Å²) in [5.41, 5.74) is -0.670. The molecule has 0 spiro atoms. The second-order valence-corrected chi connectivity index (χ2v) is 3.88. The van der Waals surface area contributed by atoms with Crippen LogP contribution < -0.4 is 15.5 Å². The third-order valence-electron chi connectivity index (χ3n) is 2.46. The Bertz CT molecular complexity index is 670. The zero-order valence-electron chi connectivity index (χ0n) is 10.2. The fourth-order valence-electron chi connectivity index (χ4n) is 1.53.